The van der Waals surface area contributed by atoms with Gasteiger partial charge >= 0.3 is 5.69 Å². The number of nitrogen functional groups attached to an aromatic ring is 1. The third kappa shape index (κ3) is 3.64. The van der Waals surface area contributed by atoms with Crippen LogP contribution in [0.15, 0.2) is 9.59 Å². The Morgan fingerprint density at radius 3 is 2.57 bits per heavy atom. The van der Waals surface area contributed by atoms with Crippen molar-refractivity contribution in [3.63, 3.8) is 0 Å². The third-order valence-corrected chi connectivity index (χ3v) is 4.30. The molecule has 0 radical (unpaired) electrons. The van der Waals surface area contributed by atoms with Crippen molar-refractivity contribution in [3.05, 3.63) is 26.4 Å². The smallest absolute Gasteiger partial charge is 0.333 e. The monoisotopic (exact) mass is 323 g/mol. The molecule has 1 aromatic rings. The Hall–Kier alpha value is -2.09. The molecule has 2 heterocycles. The van der Waals surface area contributed by atoms with Gasteiger partial charge in [-0.05, 0) is 38.3 Å². The van der Waals surface area contributed by atoms with Gasteiger partial charge in [0.05, 0.1) is 0 Å². The molecule has 2 rings (SSSR count). The lowest BCUT2D eigenvalue weighted by Gasteiger charge is -2.24. The summed E-state index contributed by atoms with van der Waals surface area (Å²) in [6.45, 7) is 4.30. The number of aromatic hydroxyl groups is 1. The zero-order valence-corrected chi connectivity index (χ0v) is 13.5. The molecule has 8 heteroatoms. The number of piperidine rings is 1. The molecule has 0 saturated carbocycles. The fraction of sp³-hybridized carbons (Fsp3) is 0.667. The van der Waals surface area contributed by atoms with E-state index in [1.54, 1.807) is 0 Å². The Kier molecular flexibility index (Phi) is 5.59. The van der Waals surface area contributed by atoms with Gasteiger partial charge in [-0.25, -0.2) is 4.79 Å². The van der Waals surface area contributed by atoms with Gasteiger partial charge in [0, 0.05) is 13.1 Å². The number of hydrogen-bond donors (Lipinski definition) is 4. The normalized spacial score (nSPS) is 15.7. The molecule has 1 aliphatic heterocycles. The second-order valence-electron chi connectivity index (χ2n) is 6.01. The summed E-state index contributed by atoms with van der Waals surface area (Å²) in [4.78, 5) is 25.0. The van der Waals surface area contributed by atoms with E-state index >= 15 is 0 Å². The highest BCUT2D eigenvalue weighted by atomic mass is 16.3. The molecule has 1 saturated heterocycles. The SMILES string of the molecule is CCCCn1c(=O)c(C(=N)N)c(O)n(CC2CCNCC2)c1=O. The maximum atomic E-state index is 12.6. The molecule has 0 spiro atoms. The average Bonchev–Trinajstić information content (AvgIpc) is 2.52. The highest BCUT2D eigenvalue weighted by Gasteiger charge is 2.23. The lowest BCUT2D eigenvalue weighted by Crippen LogP contribution is -2.45. The first-order valence-electron chi connectivity index (χ1n) is 8.09. The van der Waals surface area contributed by atoms with Gasteiger partial charge in [-0.2, -0.15) is 0 Å². The van der Waals surface area contributed by atoms with Crippen molar-refractivity contribution in [2.24, 2.45) is 11.7 Å². The summed E-state index contributed by atoms with van der Waals surface area (Å²) >= 11 is 0. The summed E-state index contributed by atoms with van der Waals surface area (Å²) in [6, 6.07) is 0. The molecule has 5 N–H and O–H groups in total. The Bertz CT molecular complexity index is 686. The van der Waals surface area contributed by atoms with Gasteiger partial charge in [-0.1, -0.05) is 13.3 Å². The predicted octanol–water partition coefficient (Wildman–Crippen LogP) is -0.201. The molecular weight excluding hydrogens is 298 g/mol. The van der Waals surface area contributed by atoms with E-state index in [-0.39, 0.29) is 18.0 Å². The van der Waals surface area contributed by atoms with Gasteiger partial charge in [0.1, 0.15) is 11.4 Å². The van der Waals surface area contributed by atoms with Crippen LogP contribution in [0.25, 0.3) is 0 Å². The number of hydrogen-bond acceptors (Lipinski definition) is 5. The molecule has 1 fully saturated rings. The van der Waals surface area contributed by atoms with Crippen LogP contribution in [0, 0.1) is 11.3 Å². The van der Waals surface area contributed by atoms with Crippen LogP contribution >= 0.6 is 0 Å². The van der Waals surface area contributed by atoms with E-state index in [0.29, 0.717) is 13.0 Å². The van der Waals surface area contributed by atoms with Gasteiger partial charge in [-0.3, -0.25) is 19.3 Å². The van der Waals surface area contributed by atoms with E-state index in [4.69, 9.17) is 11.1 Å². The number of rotatable bonds is 6. The fourth-order valence-corrected chi connectivity index (χ4v) is 2.92. The molecule has 0 atom stereocenters. The third-order valence-electron chi connectivity index (χ3n) is 4.30. The standard InChI is InChI=1S/C15H25N5O3/c1-2-3-8-19-13(21)11(12(16)17)14(22)20(15(19)23)9-10-4-6-18-7-5-10/h10,18,22H,2-9H2,1H3,(H3,16,17). The molecule has 0 bridgehead atoms. The zero-order chi connectivity index (χ0) is 17.0. The Balaban J connectivity index is 2.50. The quantitative estimate of drug-likeness (QED) is 0.426. The van der Waals surface area contributed by atoms with Crippen molar-refractivity contribution in [2.45, 2.75) is 45.7 Å². The van der Waals surface area contributed by atoms with E-state index in [2.05, 4.69) is 5.32 Å². The Morgan fingerprint density at radius 1 is 1.35 bits per heavy atom. The minimum Gasteiger partial charge on any atom is -0.494 e. The number of nitrogens with one attached hydrogen (secondary N) is 2. The van der Waals surface area contributed by atoms with E-state index in [0.717, 1.165) is 36.9 Å². The largest absolute Gasteiger partial charge is 0.494 e. The first-order chi connectivity index (χ1) is 11.0. The molecule has 0 unspecified atom stereocenters. The van der Waals surface area contributed by atoms with E-state index in [1.807, 2.05) is 6.92 Å². The molecule has 8 nitrogen and oxygen atoms in total. The van der Waals surface area contributed by atoms with Crippen LogP contribution in [-0.4, -0.2) is 33.2 Å². The fourth-order valence-electron chi connectivity index (χ4n) is 2.92. The average molecular weight is 323 g/mol. The first kappa shape index (κ1) is 17.3. The molecule has 1 aromatic heterocycles. The molecule has 1 aliphatic rings. The lowest BCUT2D eigenvalue weighted by atomic mass is 9.98. The molecule has 128 valence electrons. The van der Waals surface area contributed by atoms with Crippen LogP contribution in [0.3, 0.4) is 0 Å². The van der Waals surface area contributed by atoms with Crippen molar-refractivity contribution in [3.8, 4) is 5.88 Å². The summed E-state index contributed by atoms with van der Waals surface area (Å²) in [6.07, 6.45) is 3.30. The molecule has 0 aliphatic carbocycles. The van der Waals surface area contributed by atoms with Crippen molar-refractivity contribution >= 4 is 5.84 Å². The summed E-state index contributed by atoms with van der Waals surface area (Å²) in [5.74, 6) is -0.757. The molecular formula is C15H25N5O3. The van der Waals surface area contributed by atoms with Crippen LogP contribution in [0.2, 0.25) is 0 Å². The van der Waals surface area contributed by atoms with Crippen LogP contribution < -0.4 is 22.3 Å². The number of amidine groups is 1. The lowest BCUT2D eigenvalue weighted by molar-refractivity contribution is 0.297. The maximum Gasteiger partial charge on any atom is 0.333 e. The highest BCUT2D eigenvalue weighted by Crippen LogP contribution is 2.18. The van der Waals surface area contributed by atoms with Crippen molar-refractivity contribution in [1.29, 1.82) is 5.41 Å². The minimum atomic E-state index is -0.685. The molecule has 23 heavy (non-hydrogen) atoms. The van der Waals surface area contributed by atoms with E-state index < -0.39 is 23.0 Å². The van der Waals surface area contributed by atoms with Crippen molar-refractivity contribution in [1.82, 2.24) is 14.5 Å². The topological polar surface area (TPSA) is 126 Å². The van der Waals surface area contributed by atoms with Crippen LogP contribution in [0.5, 0.6) is 5.88 Å². The second kappa shape index (κ2) is 7.45. The number of nitrogens with two attached hydrogens (primary N) is 1. The number of unbranched alkanes of at least 4 members (excludes halogenated alkanes) is 1. The van der Waals surface area contributed by atoms with E-state index in [1.165, 1.54) is 4.57 Å². The zero-order valence-electron chi connectivity index (χ0n) is 13.5. The molecule has 0 amide bonds. The highest BCUT2D eigenvalue weighted by molar-refractivity contribution is 5.96. The van der Waals surface area contributed by atoms with Crippen molar-refractivity contribution in [2.75, 3.05) is 13.1 Å². The van der Waals surface area contributed by atoms with Crippen molar-refractivity contribution < 1.29 is 5.11 Å². The number of nitrogens with zero attached hydrogens (tertiary/aromatic N) is 2. The maximum absolute atomic E-state index is 12.6. The summed E-state index contributed by atoms with van der Waals surface area (Å²) in [7, 11) is 0. The van der Waals surface area contributed by atoms with Gasteiger partial charge < -0.3 is 16.2 Å². The second-order valence-corrected chi connectivity index (χ2v) is 6.01. The Morgan fingerprint density at radius 2 is 2.00 bits per heavy atom. The van der Waals surface area contributed by atoms with Crippen LogP contribution in [-0.2, 0) is 13.1 Å². The van der Waals surface area contributed by atoms with E-state index in [9.17, 15) is 14.7 Å². The minimum absolute atomic E-state index is 0.247. The first-order valence-corrected chi connectivity index (χ1v) is 8.09. The Labute approximate surface area is 134 Å². The van der Waals surface area contributed by atoms with Gasteiger partial charge in [0.25, 0.3) is 5.56 Å². The molecule has 0 aromatic carbocycles. The van der Waals surface area contributed by atoms with Gasteiger partial charge in [-0.15, -0.1) is 0 Å². The van der Waals surface area contributed by atoms with Crippen LogP contribution in [0.4, 0.5) is 0 Å². The summed E-state index contributed by atoms with van der Waals surface area (Å²) in [5, 5.41) is 21.1. The predicted molar refractivity (Wildman–Crippen MR) is 88.1 cm³/mol. The van der Waals surface area contributed by atoms with Crippen LogP contribution in [0.1, 0.15) is 38.2 Å². The summed E-state index contributed by atoms with van der Waals surface area (Å²) in [5.41, 5.74) is 3.96. The number of aromatic nitrogens is 2. The van der Waals surface area contributed by atoms with Gasteiger partial charge in [0.2, 0.25) is 5.88 Å². The van der Waals surface area contributed by atoms with Gasteiger partial charge in [0.15, 0.2) is 0 Å². The summed E-state index contributed by atoms with van der Waals surface area (Å²) < 4.78 is 2.28.